The van der Waals surface area contributed by atoms with Crippen molar-refractivity contribution in [3.63, 3.8) is 0 Å². The summed E-state index contributed by atoms with van der Waals surface area (Å²) in [6, 6.07) is 63.1. The van der Waals surface area contributed by atoms with Gasteiger partial charge in [-0.3, -0.25) is 0 Å². The summed E-state index contributed by atoms with van der Waals surface area (Å²) in [5.74, 6) is 0. The topological polar surface area (TPSA) is 25.8 Å². The molecule has 0 aliphatic heterocycles. The number of benzene rings is 7. The van der Waals surface area contributed by atoms with Crippen molar-refractivity contribution in [3.05, 3.63) is 182 Å². The van der Waals surface area contributed by atoms with Gasteiger partial charge in [-0.2, -0.15) is 0 Å². The van der Waals surface area contributed by atoms with E-state index in [0.29, 0.717) is 0 Å². The fourth-order valence-corrected chi connectivity index (χ4v) is 9.50. The smallest absolute Gasteiger partial charge is 0.0795 e. The van der Waals surface area contributed by atoms with Crippen molar-refractivity contribution in [2.45, 2.75) is 39.3 Å². The Kier molecular flexibility index (Phi) is 11.7. The third-order valence-electron chi connectivity index (χ3n) is 10.6. The summed E-state index contributed by atoms with van der Waals surface area (Å²) in [5, 5.41) is 10.3. The van der Waals surface area contributed by atoms with E-state index in [9.17, 15) is 0 Å². The van der Waals surface area contributed by atoms with Gasteiger partial charge in [0.25, 0.3) is 0 Å². The maximum atomic E-state index is 4.84. The molecule has 0 saturated heterocycles. The molecular formula is C52H46IrN2Si2-2. The van der Waals surface area contributed by atoms with Gasteiger partial charge in [-0.15, -0.1) is 58.8 Å². The van der Waals surface area contributed by atoms with Crippen LogP contribution in [-0.4, -0.2) is 26.1 Å². The van der Waals surface area contributed by atoms with E-state index in [-0.39, 0.29) is 20.1 Å². The largest absolute Gasteiger partial charge is 0.305 e. The van der Waals surface area contributed by atoms with Gasteiger partial charge in [0.2, 0.25) is 0 Å². The molecule has 0 atom stereocenters. The first-order valence-electron chi connectivity index (χ1n) is 19.4. The van der Waals surface area contributed by atoms with Gasteiger partial charge < -0.3 is 9.97 Å². The number of rotatable bonds is 6. The zero-order chi connectivity index (χ0) is 38.9. The monoisotopic (exact) mass is 947 g/mol. The molecule has 57 heavy (non-hydrogen) atoms. The SMILES string of the molecule is C[Si](C)(C)c1cc[c-]c(-c2ccccn2)c1.C[Si](C)(C)c1ccc(-c2[c-]cc3c4ccc(-c5ccc(-c6ccccc6)cc5)cc4c4ccccc4c3c2)nc1.[Ir]. The van der Waals surface area contributed by atoms with Crippen LogP contribution in [0.1, 0.15) is 0 Å². The first-order chi connectivity index (χ1) is 27.0. The molecule has 0 amide bonds. The first kappa shape index (κ1) is 39.9. The minimum Gasteiger partial charge on any atom is -0.305 e. The molecule has 2 aromatic heterocycles. The van der Waals surface area contributed by atoms with Crippen LogP contribution in [0, 0.1) is 12.1 Å². The average molecular weight is 947 g/mol. The Morgan fingerprint density at radius 2 is 0.965 bits per heavy atom. The normalized spacial score (nSPS) is 11.5. The minimum atomic E-state index is -1.39. The van der Waals surface area contributed by atoms with Gasteiger partial charge in [-0.05, 0) is 67.1 Å². The second kappa shape index (κ2) is 16.7. The van der Waals surface area contributed by atoms with Crippen molar-refractivity contribution < 1.29 is 20.1 Å². The van der Waals surface area contributed by atoms with E-state index in [4.69, 9.17) is 4.98 Å². The number of nitrogens with zero attached hydrogens (tertiary/aromatic N) is 2. The maximum Gasteiger partial charge on any atom is 0.0795 e. The number of fused-ring (bicyclic) bond motifs is 6. The molecule has 7 aromatic carbocycles. The molecule has 0 aliphatic rings. The Labute approximate surface area is 353 Å². The zero-order valence-corrected chi connectivity index (χ0v) is 37.8. The molecule has 0 spiro atoms. The molecule has 0 saturated carbocycles. The van der Waals surface area contributed by atoms with E-state index in [1.165, 1.54) is 64.9 Å². The van der Waals surface area contributed by atoms with E-state index in [0.717, 1.165) is 22.5 Å². The molecule has 2 heterocycles. The van der Waals surface area contributed by atoms with Gasteiger partial charge >= 0.3 is 0 Å². The predicted molar refractivity (Wildman–Crippen MR) is 246 cm³/mol. The molecule has 0 fully saturated rings. The zero-order valence-electron chi connectivity index (χ0n) is 33.4. The molecule has 0 N–H and O–H groups in total. The summed E-state index contributed by atoms with van der Waals surface area (Å²) in [4.78, 5) is 9.20. The van der Waals surface area contributed by atoms with Crippen molar-refractivity contribution in [2.75, 3.05) is 0 Å². The summed E-state index contributed by atoms with van der Waals surface area (Å²) in [5.41, 5.74) is 9.03. The van der Waals surface area contributed by atoms with Crippen LogP contribution in [-0.2, 0) is 20.1 Å². The summed E-state index contributed by atoms with van der Waals surface area (Å²) in [6.45, 7) is 14.1. The third kappa shape index (κ3) is 8.68. The maximum absolute atomic E-state index is 4.84. The number of hydrogen-bond donors (Lipinski definition) is 0. The molecule has 2 nitrogen and oxygen atoms in total. The van der Waals surface area contributed by atoms with Crippen LogP contribution in [0.5, 0.6) is 0 Å². The van der Waals surface area contributed by atoms with Gasteiger partial charge in [0.1, 0.15) is 0 Å². The third-order valence-corrected chi connectivity index (χ3v) is 14.7. The van der Waals surface area contributed by atoms with Crippen LogP contribution in [0.2, 0.25) is 39.3 Å². The Bertz CT molecular complexity index is 2770. The first-order valence-corrected chi connectivity index (χ1v) is 26.4. The second-order valence-electron chi connectivity index (χ2n) is 16.6. The van der Waals surface area contributed by atoms with Crippen molar-refractivity contribution >= 4 is 58.8 Å². The Morgan fingerprint density at radius 3 is 1.60 bits per heavy atom. The fourth-order valence-electron chi connectivity index (χ4n) is 7.30. The van der Waals surface area contributed by atoms with Crippen molar-refractivity contribution in [1.29, 1.82) is 0 Å². The van der Waals surface area contributed by atoms with E-state index in [2.05, 4.69) is 196 Å². The molecule has 0 aliphatic carbocycles. The Hall–Kier alpha value is -5.30. The number of hydrogen-bond acceptors (Lipinski definition) is 2. The van der Waals surface area contributed by atoms with Gasteiger partial charge in [0.15, 0.2) is 0 Å². The predicted octanol–water partition coefficient (Wildman–Crippen LogP) is 13.0. The molecule has 9 aromatic rings. The fraction of sp³-hybridized carbons (Fsp3) is 0.115. The van der Waals surface area contributed by atoms with Gasteiger partial charge in [0, 0.05) is 32.5 Å². The molecule has 1 radical (unpaired) electrons. The summed E-state index contributed by atoms with van der Waals surface area (Å²) in [6.07, 6.45) is 3.89. The van der Waals surface area contributed by atoms with Crippen molar-refractivity contribution in [1.82, 2.24) is 9.97 Å². The quantitative estimate of drug-likeness (QED) is 0.0943. The number of aromatic nitrogens is 2. The number of pyridine rings is 2. The Balaban J connectivity index is 0.000000246. The van der Waals surface area contributed by atoms with Gasteiger partial charge in [-0.25, -0.2) is 0 Å². The van der Waals surface area contributed by atoms with Crippen molar-refractivity contribution in [3.8, 4) is 44.8 Å². The van der Waals surface area contributed by atoms with E-state index < -0.39 is 16.1 Å². The molecule has 0 unspecified atom stereocenters. The summed E-state index contributed by atoms with van der Waals surface area (Å²) >= 11 is 0. The standard InChI is InChI=1S/C38H30NSi.C14H16NSi.Ir/c1-40(2,3)31-19-22-38(39-25-31)30-18-21-35-34-20-17-29(23-36(34)32-11-7-8-12-33(32)37(35)24-30)28-15-13-27(14-16-28)26-9-5-4-6-10-26;1-16(2,3)13-8-6-7-12(11-13)14-9-4-5-10-15-14;/h4-17,19-25H,1-3H3;4-6,8-11H,1-3H3;/q2*-1;. The molecule has 5 heteroatoms. The average Bonchev–Trinajstić information content (AvgIpc) is 3.24. The van der Waals surface area contributed by atoms with E-state index in [1.54, 1.807) is 0 Å². The molecule has 9 rings (SSSR count). The Morgan fingerprint density at radius 1 is 0.404 bits per heavy atom. The second-order valence-corrected chi connectivity index (χ2v) is 26.7. The van der Waals surface area contributed by atoms with Gasteiger partial charge in [0.05, 0.1) is 16.1 Å². The molecule has 0 bridgehead atoms. The van der Waals surface area contributed by atoms with Crippen LogP contribution in [0.3, 0.4) is 0 Å². The molecular weight excluding hydrogens is 901 g/mol. The van der Waals surface area contributed by atoms with Crippen LogP contribution >= 0.6 is 0 Å². The van der Waals surface area contributed by atoms with Crippen LogP contribution in [0.4, 0.5) is 0 Å². The summed E-state index contributed by atoms with van der Waals surface area (Å²) in [7, 11) is -2.63. The van der Waals surface area contributed by atoms with E-state index in [1.807, 2.05) is 30.5 Å². The molecule has 283 valence electrons. The minimum absolute atomic E-state index is 0. The van der Waals surface area contributed by atoms with Crippen LogP contribution in [0.25, 0.3) is 77.1 Å². The summed E-state index contributed by atoms with van der Waals surface area (Å²) < 4.78 is 0. The van der Waals surface area contributed by atoms with Gasteiger partial charge in [-0.1, -0.05) is 171 Å². The van der Waals surface area contributed by atoms with Crippen molar-refractivity contribution in [2.24, 2.45) is 0 Å². The van der Waals surface area contributed by atoms with E-state index >= 15 is 0 Å². The van der Waals surface area contributed by atoms with Crippen LogP contribution < -0.4 is 10.4 Å². The van der Waals surface area contributed by atoms with Crippen LogP contribution in [0.15, 0.2) is 170 Å².